The molecule has 138 valence electrons. The molecule has 1 aliphatic heterocycles. The van der Waals surface area contributed by atoms with Crippen molar-refractivity contribution in [3.8, 4) is 11.5 Å². The summed E-state index contributed by atoms with van der Waals surface area (Å²) in [7, 11) is 0. The average molecular weight is 354 g/mol. The summed E-state index contributed by atoms with van der Waals surface area (Å²) in [6.45, 7) is 3.65. The number of hydrogen-bond donors (Lipinski definition) is 0. The first kappa shape index (κ1) is 18.5. The molecule has 4 heteroatoms. The summed E-state index contributed by atoms with van der Waals surface area (Å²) in [6, 6.07) is 16.1. The van der Waals surface area contributed by atoms with Gasteiger partial charge in [0.05, 0.1) is 39.6 Å². The zero-order chi connectivity index (χ0) is 17.9. The van der Waals surface area contributed by atoms with Crippen molar-refractivity contribution in [1.29, 1.82) is 0 Å². The van der Waals surface area contributed by atoms with Crippen molar-refractivity contribution in [2.45, 2.75) is 26.1 Å². The topological polar surface area (TPSA) is 36.9 Å². The van der Waals surface area contributed by atoms with Crippen molar-refractivity contribution < 1.29 is 18.9 Å². The van der Waals surface area contributed by atoms with E-state index in [9.17, 15) is 0 Å². The summed E-state index contributed by atoms with van der Waals surface area (Å²) in [6.07, 6.45) is 5.87. The summed E-state index contributed by atoms with van der Waals surface area (Å²) in [5.41, 5.74) is 2.23. The molecule has 0 spiro atoms. The Kier molecular flexibility index (Phi) is 7.56. The zero-order valence-corrected chi connectivity index (χ0v) is 15.1. The minimum Gasteiger partial charge on any atom is -0.494 e. The van der Waals surface area contributed by atoms with Crippen LogP contribution in [0.3, 0.4) is 0 Å². The average Bonchev–Trinajstić information content (AvgIpc) is 2.67. The maximum atomic E-state index is 5.83. The van der Waals surface area contributed by atoms with E-state index in [-0.39, 0.29) is 0 Å². The number of benzene rings is 2. The van der Waals surface area contributed by atoms with E-state index in [0.29, 0.717) is 39.6 Å². The van der Waals surface area contributed by atoms with Gasteiger partial charge in [0.15, 0.2) is 0 Å². The van der Waals surface area contributed by atoms with Gasteiger partial charge >= 0.3 is 0 Å². The Balaban J connectivity index is 1.57. The van der Waals surface area contributed by atoms with Gasteiger partial charge in [0.1, 0.15) is 11.5 Å². The summed E-state index contributed by atoms with van der Waals surface area (Å²) in [5.74, 6) is 1.77. The summed E-state index contributed by atoms with van der Waals surface area (Å²) in [5, 5.41) is 0. The van der Waals surface area contributed by atoms with Gasteiger partial charge in [0, 0.05) is 0 Å². The molecular weight excluding hydrogens is 328 g/mol. The van der Waals surface area contributed by atoms with Crippen LogP contribution in [-0.2, 0) is 22.7 Å². The molecule has 0 atom stereocenters. The van der Waals surface area contributed by atoms with Crippen LogP contribution in [0.2, 0.25) is 0 Å². The molecule has 1 aliphatic rings. The van der Waals surface area contributed by atoms with Crippen molar-refractivity contribution in [2.75, 3.05) is 26.4 Å². The lowest BCUT2D eigenvalue weighted by atomic mass is 10.2. The summed E-state index contributed by atoms with van der Waals surface area (Å²) >= 11 is 0. The van der Waals surface area contributed by atoms with Gasteiger partial charge in [-0.1, -0.05) is 36.4 Å². The molecule has 4 bridgehead atoms. The number of ether oxygens (including phenoxy) is 4. The lowest BCUT2D eigenvalue weighted by Gasteiger charge is -2.10. The van der Waals surface area contributed by atoms with Gasteiger partial charge in [-0.2, -0.15) is 0 Å². The smallest absolute Gasteiger partial charge is 0.119 e. The fourth-order valence-electron chi connectivity index (χ4n) is 2.66. The second kappa shape index (κ2) is 10.6. The normalized spacial score (nSPS) is 18.2. The van der Waals surface area contributed by atoms with E-state index in [2.05, 4.69) is 0 Å². The zero-order valence-electron chi connectivity index (χ0n) is 15.1. The van der Waals surface area contributed by atoms with Gasteiger partial charge < -0.3 is 18.9 Å². The SMILES string of the molecule is C1=C\COCc2cccc(c2)OCCCCOc2cccc(c2)COC/1. The molecule has 2 aromatic rings. The minimum atomic E-state index is 0.567. The van der Waals surface area contributed by atoms with Gasteiger partial charge in [-0.15, -0.1) is 0 Å². The van der Waals surface area contributed by atoms with Gasteiger partial charge in [-0.3, -0.25) is 0 Å². The van der Waals surface area contributed by atoms with E-state index in [0.717, 1.165) is 35.5 Å². The Morgan fingerprint density at radius 3 is 1.62 bits per heavy atom. The fourth-order valence-corrected chi connectivity index (χ4v) is 2.66. The third-order valence-electron chi connectivity index (χ3n) is 4.01. The molecule has 0 aliphatic carbocycles. The molecule has 0 fully saturated rings. The maximum Gasteiger partial charge on any atom is 0.119 e. The van der Waals surface area contributed by atoms with Crippen LogP contribution >= 0.6 is 0 Å². The quantitative estimate of drug-likeness (QED) is 0.652. The minimum absolute atomic E-state index is 0.567. The molecule has 0 saturated heterocycles. The van der Waals surface area contributed by atoms with E-state index in [1.54, 1.807) is 0 Å². The molecule has 2 aromatic carbocycles. The van der Waals surface area contributed by atoms with E-state index in [4.69, 9.17) is 18.9 Å². The van der Waals surface area contributed by atoms with Crippen molar-refractivity contribution in [3.05, 3.63) is 71.8 Å². The van der Waals surface area contributed by atoms with Crippen molar-refractivity contribution in [3.63, 3.8) is 0 Å². The Morgan fingerprint density at radius 1 is 0.615 bits per heavy atom. The van der Waals surface area contributed by atoms with E-state index in [1.165, 1.54) is 0 Å². The fraction of sp³-hybridized carbons (Fsp3) is 0.364. The Hall–Kier alpha value is -2.30. The van der Waals surface area contributed by atoms with Crippen LogP contribution < -0.4 is 9.47 Å². The molecule has 0 aromatic heterocycles. The molecule has 1 heterocycles. The van der Waals surface area contributed by atoms with Gasteiger partial charge in [0.2, 0.25) is 0 Å². The lowest BCUT2D eigenvalue weighted by Crippen LogP contribution is -2.03. The molecule has 4 nitrogen and oxygen atoms in total. The highest BCUT2D eigenvalue weighted by Crippen LogP contribution is 2.16. The van der Waals surface area contributed by atoms with E-state index >= 15 is 0 Å². The van der Waals surface area contributed by atoms with E-state index in [1.807, 2.05) is 60.7 Å². The highest BCUT2D eigenvalue weighted by atomic mass is 16.5. The Morgan fingerprint density at radius 2 is 1.12 bits per heavy atom. The van der Waals surface area contributed by atoms with Crippen LogP contribution in [0, 0.1) is 0 Å². The van der Waals surface area contributed by atoms with Crippen LogP contribution in [0.4, 0.5) is 0 Å². The van der Waals surface area contributed by atoms with Crippen LogP contribution in [0.5, 0.6) is 11.5 Å². The molecule has 0 N–H and O–H groups in total. The third kappa shape index (κ3) is 6.54. The van der Waals surface area contributed by atoms with Crippen molar-refractivity contribution >= 4 is 0 Å². The molecular formula is C22H26O4. The van der Waals surface area contributed by atoms with Crippen LogP contribution in [0.1, 0.15) is 24.0 Å². The molecule has 3 rings (SSSR count). The largest absolute Gasteiger partial charge is 0.494 e. The molecule has 26 heavy (non-hydrogen) atoms. The standard InChI is InChI=1S/C22H26O4/c1-2-12-24-18-20-8-6-10-22(16-20)26-14-4-3-13-25-21-9-5-7-19(15-21)17-23-11-1/h1-2,5-10,15-16H,3-4,11-14,17-18H2/b2-1-. The molecule has 0 saturated carbocycles. The van der Waals surface area contributed by atoms with Crippen LogP contribution in [-0.4, -0.2) is 26.4 Å². The first-order valence-electron chi connectivity index (χ1n) is 9.14. The molecule has 0 amide bonds. The van der Waals surface area contributed by atoms with Crippen LogP contribution in [0.15, 0.2) is 60.7 Å². The van der Waals surface area contributed by atoms with Gasteiger partial charge in [0.25, 0.3) is 0 Å². The first-order valence-corrected chi connectivity index (χ1v) is 9.14. The first-order chi connectivity index (χ1) is 12.9. The highest BCUT2D eigenvalue weighted by Gasteiger charge is 2.00. The monoisotopic (exact) mass is 354 g/mol. The van der Waals surface area contributed by atoms with E-state index < -0.39 is 0 Å². The van der Waals surface area contributed by atoms with Crippen LogP contribution in [0.25, 0.3) is 0 Å². The third-order valence-corrected chi connectivity index (χ3v) is 4.01. The summed E-state index contributed by atoms with van der Waals surface area (Å²) < 4.78 is 23.0. The van der Waals surface area contributed by atoms with Crippen molar-refractivity contribution in [1.82, 2.24) is 0 Å². The predicted octanol–water partition coefficient (Wildman–Crippen LogP) is 4.53. The highest BCUT2D eigenvalue weighted by molar-refractivity contribution is 5.28. The number of fused-ring (bicyclic) bond motifs is 4. The van der Waals surface area contributed by atoms with Gasteiger partial charge in [-0.25, -0.2) is 0 Å². The lowest BCUT2D eigenvalue weighted by molar-refractivity contribution is 0.140. The van der Waals surface area contributed by atoms with Gasteiger partial charge in [-0.05, 0) is 48.2 Å². The Bertz CT molecular complexity index is 637. The maximum absolute atomic E-state index is 5.83. The second-order valence-corrected chi connectivity index (χ2v) is 6.20. The molecule has 0 unspecified atom stereocenters. The number of hydrogen-bond acceptors (Lipinski definition) is 4. The molecule has 0 radical (unpaired) electrons. The predicted molar refractivity (Wildman–Crippen MR) is 102 cm³/mol. The Labute approximate surface area is 155 Å². The van der Waals surface area contributed by atoms with Crippen molar-refractivity contribution in [2.24, 2.45) is 0 Å². The second-order valence-electron chi connectivity index (χ2n) is 6.20. The summed E-state index contributed by atoms with van der Waals surface area (Å²) in [4.78, 5) is 0. The number of rotatable bonds is 0.